The highest BCUT2D eigenvalue weighted by molar-refractivity contribution is 6.35. The molecule has 5 heteroatoms. The van der Waals surface area contributed by atoms with E-state index in [1.165, 1.54) is 5.56 Å². The van der Waals surface area contributed by atoms with Crippen LogP contribution in [0.3, 0.4) is 0 Å². The maximum atomic E-state index is 6.19. The highest BCUT2D eigenvalue weighted by Crippen LogP contribution is 2.30. The predicted molar refractivity (Wildman–Crippen MR) is 100 cm³/mol. The lowest BCUT2D eigenvalue weighted by atomic mass is 10.2. The van der Waals surface area contributed by atoms with Gasteiger partial charge in [-0.3, -0.25) is 0 Å². The molecule has 130 valence electrons. The van der Waals surface area contributed by atoms with Crippen LogP contribution in [-0.2, 0) is 13.2 Å². The van der Waals surface area contributed by atoms with Gasteiger partial charge in [0.15, 0.2) is 11.5 Å². The molecular formula is C19H23Cl2NO2. The van der Waals surface area contributed by atoms with Gasteiger partial charge in [-0.25, -0.2) is 0 Å². The van der Waals surface area contributed by atoms with Crippen molar-refractivity contribution < 1.29 is 9.47 Å². The maximum absolute atomic E-state index is 6.19. The van der Waals surface area contributed by atoms with E-state index in [4.69, 9.17) is 32.7 Å². The van der Waals surface area contributed by atoms with Crippen molar-refractivity contribution in [2.24, 2.45) is 0 Å². The summed E-state index contributed by atoms with van der Waals surface area (Å²) in [5, 5.41) is 4.60. The molecule has 0 fully saturated rings. The minimum Gasteiger partial charge on any atom is -0.490 e. The zero-order chi connectivity index (χ0) is 17.4. The Morgan fingerprint density at radius 1 is 0.958 bits per heavy atom. The molecule has 0 amide bonds. The van der Waals surface area contributed by atoms with Gasteiger partial charge in [0.05, 0.1) is 6.61 Å². The van der Waals surface area contributed by atoms with E-state index in [1.807, 2.05) is 31.2 Å². The Morgan fingerprint density at radius 3 is 2.50 bits per heavy atom. The number of halogens is 2. The molecule has 0 aliphatic carbocycles. The van der Waals surface area contributed by atoms with E-state index in [9.17, 15) is 0 Å². The van der Waals surface area contributed by atoms with Gasteiger partial charge in [0.1, 0.15) is 6.61 Å². The first-order valence-corrected chi connectivity index (χ1v) is 8.92. The Kier molecular flexibility index (Phi) is 7.70. The van der Waals surface area contributed by atoms with Gasteiger partial charge in [0.25, 0.3) is 0 Å². The third kappa shape index (κ3) is 5.59. The summed E-state index contributed by atoms with van der Waals surface area (Å²) in [6.45, 7) is 6.88. The lowest BCUT2D eigenvalue weighted by molar-refractivity contribution is 0.269. The lowest BCUT2D eigenvalue weighted by Gasteiger charge is -2.14. The zero-order valence-electron chi connectivity index (χ0n) is 14.1. The van der Waals surface area contributed by atoms with Crippen molar-refractivity contribution in [3.05, 3.63) is 57.6 Å². The van der Waals surface area contributed by atoms with Crippen LogP contribution in [0.1, 0.15) is 31.4 Å². The number of hydrogen-bond acceptors (Lipinski definition) is 3. The summed E-state index contributed by atoms with van der Waals surface area (Å²) in [5.41, 5.74) is 2.06. The van der Waals surface area contributed by atoms with Gasteiger partial charge in [-0.2, -0.15) is 0 Å². The third-order valence-electron chi connectivity index (χ3n) is 3.46. The second-order valence-electron chi connectivity index (χ2n) is 5.42. The van der Waals surface area contributed by atoms with Crippen molar-refractivity contribution in [3.63, 3.8) is 0 Å². The summed E-state index contributed by atoms with van der Waals surface area (Å²) >= 11 is 12.1. The second-order valence-corrected chi connectivity index (χ2v) is 6.26. The van der Waals surface area contributed by atoms with E-state index in [-0.39, 0.29) is 0 Å². The van der Waals surface area contributed by atoms with E-state index in [0.717, 1.165) is 30.8 Å². The van der Waals surface area contributed by atoms with Crippen LogP contribution < -0.4 is 14.8 Å². The number of hydrogen-bond donors (Lipinski definition) is 1. The van der Waals surface area contributed by atoms with Crippen molar-refractivity contribution in [2.75, 3.05) is 13.2 Å². The third-order valence-corrected chi connectivity index (χ3v) is 4.05. The molecule has 1 N–H and O–H groups in total. The van der Waals surface area contributed by atoms with Crippen molar-refractivity contribution in [2.45, 2.75) is 33.4 Å². The molecule has 0 heterocycles. The van der Waals surface area contributed by atoms with E-state index < -0.39 is 0 Å². The Labute approximate surface area is 153 Å². The number of ether oxygens (including phenoxy) is 2. The van der Waals surface area contributed by atoms with Gasteiger partial charge >= 0.3 is 0 Å². The molecule has 0 aromatic heterocycles. The first kappa shape index (κ1) is 18.9. The molecule has 0 saturated heterocycles. The normalized spacial score (nSPS) is 10.7. The smallest absolute Gasteiger partial charge is 0.161 e. The Bertz CT molecular complexity index is 662. The van der Waals surface area contributed by atoms with Crippen LogP contribution in [0.25, 0.3) is 0 Å². The van der Waals surface area contributed by atoms with Crippen LogP contribution in [0.15, 0.2) is 36.4 Å². The largest absolute Gasteiger partial charge is 0.490 e. The van der Waals surface area contributed by atoms with E-state index >= 15 is 0 Å². The number of benzene rings is 2. The molecule has 0 aliphatic rings. The molecule has 0 radical (unpaired) electrons. The Balaban J connectivity index is 2.07. The molecule has 24 heavy (non-hydrogen) atoms. The minimum atomic E-state index is 0.365. The molecule has 0 bridgehead atoms. The fourth-order valence-corrected chi connectivity index (χ4v) is 2.72. The monoisotopic (exact) mass is 367 g/mol. The van der Waals surface area contributed by atoms with Crippen molar-refractivity contribution in [1.82, 2.24) is 5.32 Å². The highest BCUT2D eigenvalue weighted by atomic mass is 35.5. The topological polar surface area (TPSA) is 30.5 Å². The highest BCUT2D eigenvalue weighted by Gasteiger charge is 2.09. The van der Waals surface area contributed by atoms with Gasteiger partial charge < -0.3 is 14.8 Å². The van der Waals surface area contributed by atoms with Crippen molar-refractivity contribution in [3.8, 4) is 11.5 Å². The van der Waals surface area contributed by atoms with Crippen molar-refractivity contribution in [1.29, 1.82) is 0 Å². The summed E-state index contributed by atoms with van der Waals surface area (Å²) in [6, 6.07) is 11.4. The average Bonchev–Trinajstić information content (AvgIpc) is 2.56. The molecule has 0 aliphatic heterocycles. The van der Waals surface area contributed by atoms with Crippen LogP contribution in [-0.4, -0.2) is 13.2 Å². The molecule has 3 nitrogen and oxygen atoms in total. The first-order valence-electron chi connectivity index (χ1n) is 8.17. The SMILES string of the molecule is CCCNCc1ccc(OCc2ccc(Cl)cc2Cl)c(OCC)c1. The lowest BCUT2D eigenvalue weighted by Crippen LogP contribution is -2.13. The quantitative estimate of drug-likeness (QED) is 0.596. The Hall–Kier alpha value is -1.42. The Morgan fingerprint density at radius 2 is 1.79 bits per heavy atom. The molecule has 0 unspecified atom stereocenters. The minimum absolute atomic E-state index is 0.365. The molecular weight excluding hydrogens is 345 g/mol. The molecule has 0 atom stereocenters. The summed E-state index contributed by atoms with van der Waals surface area (Å²) in [7, 11) is 0. The van der Waals surface area contributed by atoms with Crippen LogP contribution in [0.4, 0.5) is 0 Å². The molecule has 2 rings (SSSR count). The second kappa shape index (κ2) is 9.77. The standard InChI is InChI=1S/C19H23Cl2NO2/c1-3-9-22-12-14-5-8-18(19(10-14)23-4-2)24-13-15-6-7-16(20)11-17(15)21/h5-8,10-11,22H,3-4,9,12-13H2,1-2H3. The predicted octanol–water partition coefficient (Wildman–Crippen LogP) is 5.47. The van der Waals surface area contributed by atoms with E-state index in [0.29, 0.717) is 29.0 Å². The molecule has 0 spiro atoms. The summed E-state index contributed by atoms with van der Waals surface area (Å²) in [4.78, 5) is 0. The van der Waals surface area contributed by atoms with Crippen LogP contribution in [0.2, 0.25) is 10.0 Å². The van der Waals surface area contributed by atoms with Gasteiger partial charge in [0, 0.05) is 22.2 Å². The van der Waals surface area contributed by atoms with Crippen LogP contribution in [0.5, 0.6) is 11.5 Å². The molecule has 0 saturated carbocycles. The van der Waals surface area contributed by atoms with Gasteiger partial charge in [0.2, 0.25) is 0 Å². The average molecular weight is 368 g/mol. The number of rotatable bonds is 9. The van der Waals surface area contributed by atoms with E-state index in [2.05, 4.69) is 12.2 Å². The first-order chi connectivity index (χ1) is 11.6. The molecule has 2 aromatic carbocycles. The zero-order valence-corrected chi connectivity index (χ0v) is 15.6. The summed E-state index contributed by atoms with van der Waals surface area (Å²) < 4.78 is 11.6. The van der Waals surface area contributed by atoms with Crippen molar-refractivity contribution >= 4 is 23.2 Å². The van der Waals surface area contributed by atoms with Gasteiger partial charge in [-0.05, 0) is 49.7 Å². The van der Waals surface area contributed by atoms with Gasteiger partial charge in [-0.1, -0.05) is 42.3 Å². The van der Waals surface area contributed by atoms with Gasteiger partial charge in [-0.15, -0.1) is 0 Å². The summed E-state index contributed by atoms with van der Waals surface area (Å²) in [5.74, 6) is 1.46. The fraction of sp³-hybridized carbons (Fsp3) is 0.368. The maximum Gasteiger partial charge on any atom is 0.161 e. The van der Waals surface area contributed by atoms with Crippen LogP contribution >= 0.6 is 23.2 Å². The van der Waals surface area contributed by atoms with E-state index in [1.54, 1.807) is 12.1 Å². The fourth-order valence-electron chi connectivity index (χ4n) is 2.25. The number of nitrogens with one attached hydrogen (secondary N) is 1. The molecule has 2 aromatic rings. The van der Waals surface area contributed by atoms with Crippen LogP contribution in [0, 0.1) is 0 Å². The summed E-state index contributed by atoms with van der Waals surface area (Å²) in [6.07, 6.45) is 1.11.